The maximum Gasteiger partial charge on any atom is 0.160 e. The SMILES string of the molecule is Cn1c(-c2ccccc2O)nc2c(-c3cc(-c4cc(-c5ccccc5)c([Si](C)(C)C)cn4)cc(C(C)(C)C)c3)ccnc21. The van der Waals surface area contributed by atoms with Crippen LogP contribution in [0.15, 0.2) is 97.3 Å². The summed E-state index contributed by atoms with van der Waals surface area (Å²) < 4.78 is 1.95. The molecule has 43 heavy (non-hydrogen) atoms. The first-order chi connectivity index (χ1) is 20.4. The molecule has 0 saturated carbocycles. The lowest BCUT2D eigenvalue weighted by Crippen LogP contribution is -2.39. The molecule has 0 atom stereocenters. The number of phenols is 1. The van der Waals surface area contributed by atoms with Gasteiger partial charge in [-0.25, -0.2) is 9.97 Å². The maximum absolute atomic E-state index is 10.6. The number of aromatic nitrogens is 4. The number of pyridine rings is 2. The number of benzene rings is 3. The normalized spacial score (nSPS) is 12.2. The molecule has 5 nitrogen and oxygen atoms in total. The minimum Gasteiger partial charge on any atom is -0.507 e. The second-order valence-electron chi connectivity index (χ2n) is 13.3. The summed E-state index contributed by atoms with van der Waals surface area (Å²) in [4.78, 5) is 14.8. The van der Waals surface area contributed by atoms with Crippen LogP contribution in [-0.2, 0) is 12.5 Å². The number of fused-ring (bicyclic) bond motifs is 1. The molecule has 0 aliphatic heterocycles. The zero-order valence-corrected chi connectivity index (χ0v) is 27.0. The number of rotatable bonds is 5. The van der Waals surface area contributed by atoms with Gasteiger partial charge >= 0.3 is 0 Å². The minimum absolute atomic E-state index is 0.0808. The van der Waals surface area contributed by atoms with Crippen molar-refractivity contribution in [1.82, 2.24) is 19.5 Å². The molecule has 6 heteroatoms. The summed E-state index contributed by atoms with van der Waals surface area (Å²) >= 11 is 0. The van der Waals surface area contributed by atoms with Crippen LogP contribution in [0, 0.1) is 0 Å². The highest BCUT2D eigenvalue weighted by Gasteiger charge is 2.24. The Hall–Kier alpha value is -4.55. The molecule has 3 aromatic carbocycles. The number of imidazole rings is 1. The molecule has 3 heterocycles. The van der Waals surface area contributed by atoms with Crippen LogP contribution in [0.3, 0.4) is 0 Å². The van der Waals surface area contributed by atoms with Gasteiger partial charge in [0.2, 0.25) is 0 Å². The molecular weight excluding hydrogens is 545 g/mol. The van der Waals surface area contributed by atoms with E-state index < -0.39 is 8.07 Å². The van der Waals surface area contributed by atoms with Crippen molar-refractivity contribution in [2.45, 2.75) is 45.8 Å². The smallest absolute Gasteiger partial charge is 0.160 e. The van der Waals surface area contributed by atoms with Crippen LogP contribution in [0.25, 0.3) is 56.1 Å². The Bertz CT molecular complexity index is 1960. The van der Waals surface area contributed by atoms with Crippen molar-refractivity contribution in [3.05, 3.63) is 103 Å². The summed E-state index contributed by atoms with van der Waals surface area (Å²) in [5, 5.41) is 11.9. The first-order valence-electron chi connectivity index (χ1n) is 14.7. The second kappa shape index (κ2) is 10.6. The highest BCUT2D eigenvalue weighted by molar-refractivity contribution is 6.89. The lowest BCUT2D eigenvalue weighted by Gasteiger charge is -2.23. The van der Waals surface area contributed by atoms with Gasteiger partial charge in [-0.1, -0.05) is 88.9 Å². The molecule has 0 fully saturated rings. The average Bonchev–Trinajstić information content (AvgIpc) is 3.32. The van der Waals surface area contributed by atoms with E-state index in [4.69, 9.17) is 9.97 Å². The molecule has 6 aromatic rings. The van der Waals surface area contributed by atoms with Gasteiger partial charge in [-0.2, -0.15) is 0 Å². The highest BCUT2D eigenvalue weighted by atomic mass is 28.3. The van der Waals surface area contributed by atoms with E-state index in [1.54, 1.807) is 6.07 Å². The number of aromatic hydroxyl groups is 1. The Morgan fingerprint density at radius 2 is 1.42 bits per heavy atom. The van der Waals surface area contributed by atoms with Crippen molar-refractivity contribution >= 4 is 24.4 Å². The number of hydrogen-bond acceptors (Lipinski definition) is 4. The minimum atomic E-state index is -1.65. The monoisotopic (exact) mass is 582 g/mol. The molecule has 0 radical (unpaired) electrons. The van der Waals surface area contributed by atoms with Gasteiger partial charge in [0, 0.05) is 30.6 Å². The molecule has 0 aliphatic carbocycles. The fourth-order valence-corrected chi connectivity index (χ4v) is 7.12. The zero-order chi connectivity index (χ0) is 30.5. The Labute approximate surface area is 255 Å². The third-order valence-electron chi connectivity index (χ3n) is 8.11. The summed E-state index contributed by atoms with van der Waals surface area (Å²) in [7, 11) is 0.292. The first kappa shape index (κ1) is 28.6. The lowest BCUT2D eigenvalue weighted by atomic mass is 9.83. The molecule has 0 bridgehead atoms. The summed E-state index contributed by atoms with van der Waals surface area (Å²) in [6, 6.07) is 29.0. The van der Waals surface area contributed by atoms with Gasteiger partial charge in [0.15, 0.2) is 5.65 Å². The molecule has 0 spiro atoms. The Morgan fingerprint density at radius 1 is 0.721 bits per heavy atom. The fraction of sp³-hybridized carbons (Fsp3) is 0.216. The molecule has 0 amide bonds. The third-order valence-corrected chi connectivity index (χ3v) is 10.1. The molecule has 0 aliphatic rings. The Kier molecular flexibility index (Phi) is 7.05. The largest absolute Gasteiger partial charge is 0.507 e. The van der Waals surface area contributed by atoms with Crippen molar-refractivity contribution in [1.29, 1.82) is 0 Å². The van der Waals surface area contributed by atoms with E-state index in [2.05, 4.69) is 106 Å². The first-order valence-corrected chi connectivity index (χ1v) is 18.2. The molecule has 1 N–H and O–H groups in total. The van der Waals surface area contributed by atoms with E-state index in [0.29, 0.717) is 11.4 Å². The predicted molar refractivity (Wildman–Crippen MR) is 181 cm³/mol. The van der Waals surface area contributed by atoms with Crippen molar-refractivity contribution < 1.29 is 5.11 Å². The predicted octanol–water partition coefficient (Wildman–Crippen LogP) is 8.58. The van der Waals surface area contributed by atoms with Gasteiger partial charge < -0.3 is 9.67 Å². The third kappa shape index (κ3) is 5.39. The summed E-state index contributed by atoms with van der Waals surface area (Å²) in [6.07, 6.45) is 3.95. The maximum atomic E-state index is 10.6. The van der Waals surface area contributed by atoms with Gasteiger partial charge in [0.1, 0.15) is 17.1 Å². The van der Waals surface area contributed by atoms with Crippen LogP contribution >= 0.6 is 0 Å². The highest BCUT2D eigenvalue weighted by Crippen LogP contribution is 2.38. The van der Waals surface area contributed by atoms with Crippen LogP contribution in [0.5, 0.6) is 5.75 Å². The topological polar surface area (TPSA) is 63.8 Å². The van der Waals surface area contributed by atoms with Gasteiger partial charge in [-0.15, -0.1) is 0 Å². The summed E-state index contributed by atoms with van der Waals surface area (Å²) in [5.41, 5.74) is 9.95. The molecule has 0 saturated heterocycles. The lowest BCUT2D eigenvalue weighted by molar-refractivity contribution is 0.476. The molecule has 6 rings (SSSR count). The zero-order valence-electron chi connectivity index (χ0n) is 26.0. The van der Waals surface area contributed by atoms with Crippen molar-refractivity contribution in [3.63, 3.8) is 0 Å². The number of nitrogens with zero attached hydrogens (tertiary/aromatic N) is 4. The Balaban J connectivity index is 1.57. The molecule has 3 aromatic heterocycles. The van der Waals surface area contributed by atoms with E-state index >= 15 is 0 Å². The van der Waals surface area contributed by atoms with Crippen LogP contribution in [0.4, 0.5) is 0 Å². The number of hydrogen-bond donors (Lipinski definition) is 1. The number of aryl methyl sites for hydroxylation is 1. The summed E-state index contributed by atoms with van der Waals surface area (Å²) in [6.45, 7) is 13.9. The summed E-state index contributed by atoms with van der Waals surface area (Å²) in [5.74, 6) is 0.873. The van der Waals surface area contributed by atoms with E-state index in [-0.39, 0.29) is 11.2 Å². The molecular formula is C37H38N4OSi. The van der Waals surface area contributed by atoms with E-state index in [1.807, 2.05) is 42.1 Å². The number of phenolic OH excluding ortho intramolecular Hbond substituents is 1. The van der Waals surface area contributed by atoms with E-state index in [1.165, 1.54) is 21.9 Å². The van der Waals surface area contributed by atoms with E-state index in [9.17, 15) is 5.11 Å². The molecule has 0 unspecified atom stereocenters. The van der Waals surface area contributed by atoms with Crippen molar-refractivity contribution in [2.24, 2.45) is 7.05 Å². The Morgan fingerprint density at radius 3 is 2.12 bits per heavy atom. The standard InChI is InChI=1S/C37H38N4OSi/c1-37(2,3)27-20-25(28-17-18-38-36-34(28)40-35(41(36)4)29-15-11-12-16-32(29)42)19-26(21-27)31-22-30(24-13-9-8-10-14-24)33(23-39-31)43(5,6)7/h8-23,42H,1-7H3. The van der Waals surface area contributed by atoms with Gasteiger partial charge in [0.25, 0.3) is 0 Å². The van der Waals surface area contributed by atoms with Crippen LogP contribution in [0.1, 0.15) is 26.3 Å². The van der Waals surface area contributed by atoms with E-state index in [0.717, 1.165) is 33.5 Å². The quantitative estimate of drug-likeness (QED) is 0.207. The molecule has 216 valence electrons. The van der Waals surface area contributed by atoms with Crippen LogP contribution in [-0.4, -0.2) is 32.7 Å². The van der Waals surface area contributed by atoms with Crippen molar-refractivity contribution in [2.75, 3.05) is 0 Å². The van der Waals surface area contributed by atoms with Gasteiger partial charge in [-0.05, 0) is 69.3 Å². The number of para-hydroxylation sites is 1. The van der Waals surface area contributed by atoms with Crippen LogP contribution < -0.4 is 5.19 Å². The van der Waals surface area contributed by atoms with Gasteiger partial charge in [0.05, 0.1) is 19.3 Å². The van der Waals surface area contributed by atoms with Crippen LogP contribution in [0.2, 0.25) is 19.6 Å². The van der Waals surface area contributed by atoms with Gasteiger partial charge in [-0.3, -0.25) is 4.98 Å². The second-order valence-corrected chi connectivity index (χ2v) is 18.4. The van der Waals surface area contributed by atoms with Crippen molar-refractivity contribution in [3.8, 4) is 50.6 Å². The average molecular weight is 583 g/mol. The fourth-order valence-electron chi connectivity index (χ4n) is 5.65.